The van der Waals surface area contributed by atoms with E-state index in [0.29, 0.717) is 29.1 Å². The van der Waals surface area contributed by atoms with E-state index < -0.39 is 0 Å². The van der Waals surface area contributed by atoms with E-state index in [4.69, 9.17) is 0 Å². The number of amides is 1. The summed E-state index contributed by atoms with van der Waals surface area (Å²) in [5, 5.41) is 7.32. The zero-order valence-electron chi connectivity index (χ0n) is 14.7. The van der Waals surface area contributed by atoms with Crippen LogP contribution in [0.5, 0.6) is 0 Å². The molecule has 0 saturated carbocycles. The summed E-state index contributed by atoms with van der Waals surface area (Å²) < 4.78 is 3.01. The predicted molar refractivity (Wildman–Crippen MR) is 96.5 cm³/mol. The minimum absolute atomic E-state index is 0.110. The van der Waals surface area contributed by atoms with Gasteiger partial charge >= 0.3 is 0 Å². The number of aryl methyl sites for hydroxylation is 1. The van der Waals surface area contributed by atoms with Gasteiger partial charge in [-0.2, -0.15) is 5.10 Å². The maximum absolute atomic E-state index is 13.2. The summed E-state index contributed by atoms with van der Waals surface area (Å²) in [4.78, 5) is 35.8. The van der Waals surface area contributed by atoms with Gasteiger partial charge in [0, 0.05) is 36.8 Å². The van der Waals surface area contributed by atoms with Crippen molar-refractivity contribution in [3.63, 3.8) is 0 Å². The molecule has 1 aliphatic heterocycles. The average molecular weight is 363 g/mol. The molecule has 0 spiro atoms. The Bertz CT molecular complexity index is 1240. The summed E-state index contributed by atoms with van der Waals surface area (Å²) in [5.41, 5.74) is 2.89. The molecule has 5 rings (SSSR count). The minimum atomic E-state index is -0.161. The van der Waals surface area contributed by atoms with Gasteiger partial charge in [0.25, 0.3) is 11.5 Å². The number of H-pyrrole nitrogens is 1. The SMILES string of the molecule is Cc1cc(=O)n2[nH]c([C@@H]3CCCN3C(=O)c3cnn4cccnc34)cc2n1. The fourth-order valence-electron chi connectivity index (χ4n) is 3.77. The van der Waals surface area contributed by atoms with Gasteiger partial charge in [0.2, 0.25) is 0 Å². The third kappa shape index (κ3) is 2.42. The predicted octanol–water partition coefficient (Wildman–Crippen LogP) is 1.35. The van der Waals surface area contributed by atoms with Gasteiger partial charge in [0.1, 0.15) is 5.56 Å². The fourth-order valence-corrected chi connectivity index (χ4v) is 3.77. The number of likely N-dealkylation sites (tertiary alicyclic amines) is 1. The van der Waals surface area contributed by atoms with Crippen LogP contribution in [0.4, 0.5) is 0 Å². The van der Waals surface area contributed by atoms with Crippen LogP contribution in [-0.4, -0.2) is 46.5 Å². The first-order chi connectivity index (χ1) is 13.1. The molecule has 9 nitrogen and oxygen atoms in total. The number of nitrogens with zero attached hydrogens (tertiary/aromatic N) is 6. The van der Waals surface area contributed by atoms with E-state index >= 15 is 0 Å². The standard InChI is InChI=1S/C18H17N7O2/c1-11-8-16(26)25-15(21-11)9-13(22-25)14-4-2-6-23(14)18(27)12-10-20-24-7-3-5-19-17(12)24/h3,5,7-10,14,22H,2,4,6H2,1H3/t14-/m0/s1. The molecule has 1 fully saturated rings. The van der Waals surface area contributed by atoms with E-state index in [1.165, 1.54) is 10.6 Å². The summed E-state index contributed by atoms with van der Waals surface area (Å²) in [6.07, 6.45) is 6.67. The average Bonchev–Trinajstić information content (AvgIpc) is 3.38. The Labute approximate surface area is 153 Å². The maximum atomic E-state index is 13.2. The van der Waals surface area contributed by atoms with Crippen molar-refractivity contribution < 1.29 is 4.79 Å². The first-order valence-electron chi connectivity index (χ1n) is 8.80. The van der Waals surface area contributed by atoms with Gasteiger partial charge < -0.3 is 4.90 Å². The normalized spacial score (nSPS) is 17.2. The highest BCUT2D eigenvalue weighted by atomic mass is 16.2. The number of aromatic amines is 1. The third-order valence-corrected chi connectivity index (χ3v) is 4.98. The molecule has 1 amide bonds. The quantitative estimate of drug-likeness (QED) is 0.579. The first kappa shape index (κ1) is 15.7. The van der Waals surface area contributed by atoms with Crippen LogP contribution >= 0.6 is 0 Å². The maximum Gasteiger partial charge on any atom is 0.272 e. The molecule has 0 bridgehead atoms. The Morgan fingerprint density at radius 1 is 1.33 bits per heavy atom. The second kappa shape index (κ2) is 5.76. The summed E-state index contributed by atoms with van der Waals surface area (Å²) in [7, 11) is 0. The van der Waals surface area contributed by atoms with E-state index in [-0.39, 0.29) is 17.5 Å². The third-order valence-electron chi connectivity index (χ3n) is 4.98. The summed E-state index contributed by atoms with van der Waals surface area (Å²) in [6.45, 7) is 2.43. The lowest BCUT2D eigenvalue weighted by molar-refractivity contribution is 0.0734. The molecule has 0 aromatic carbocycles. The molecular formula is C18H17N7O2. The fraction of sp³-hybridized carbons (Fsp3) is 0.278. The van der Waals surface area contributed by atoms with E-state index in [2.05, 4.69) is 20.2 Å². The number of carbonyl (C=O) groups excluding carboxylic acids is 1. The van der Waals surface area contributed by atoms with Crippen LogP contribution < -0.4 is 5.56 Å². The summed E-state index contributed by atoms with van der Waals surface area (Å²) in [5.74, 6) is -0.110. The van der Waals surface area contributed by atoms with Crippen molar-refractivity contribution >= 4 is 17.2 Å². The van der Waals surface area contributed by atoms with Crippen LogP contribution in [0.15, 0.2) is 41.6 Å². The van der Waals surface area contributed by atoms with E-state index in [1.807, 2.05) is 11.0 Å². The smallest absolute Gasteiger partial charge is 0.272 e. The second-order valence-electron chi connectivity index (χ2n) is 6.74. The van der Waals surface area contributed by atoms with E-state index in [0.717, 1.165) is 18.5 Å². The van der Waals surface area contributed by atoms with Crippen LogP contribution in [0.2, 0.25) is 0 Å². The molecule has 4 aromatic heterocycles. The van der Waals surface area contributed by atoms with Crippen LogP contribution in [0.25, 0.3) is 11.3 Å². The molecule has 9 heteroatoms. The number of rotatable bonds is 2. The van der Waals surface area contributed by atoms with E-state index in [1.54, 1.807) is 36.1 Å². The van der Waals surface area contributed by atoms with Gasteiger partial charge in [0.05, 0.1) is 17.9 Å². The second-order valence-corrected chi connectivity index (χ2v) is 6.74. The zero-order valence-corrected chi connectivity index (χ0v) is 14.7. The van der Waals surface area contributed by atoms with Gasteiger partial charge in [-0.25, -0.2) is 19.0 Å². The van der Waals surface area contributed by atoms with Gasteiger partial charge in [-0.3, -0.25) is 14.7 Å². The summed E-state index contributed by atoms with van der Waals surface area (Å²) in [6, 6.07) is 4.95. The lowest BCUT2D eigenvalue weighted by Crippen LogP contribution is -2.31. The van der Waals surface area contributed by atoms with Crippen molar-refractivity contribution in [1.29, 1.82) is 0 Å². The molecular weight excluding hydrogens is 346 g/mol. The van der Waals surface area contributed by atoms with Crippen molar-refractivity contribution in [3.8, 4) is 0 Å². The molecule has 1 saturated heterocycles. The van der Waals surface area contributed by atoms with Gasteiger partial charge in [-0.1, -0.05) is 0 Å². The van der Waals surface area contributed by atoms with Gasteiger partial charge in [0.15, 0.2) is 11.3 Å². The number of fused-ring (bicyclic) bond motifs is 2. The number of carbonyl (C=O) groups is 1. The molecule has 0 aliphatic carbocycles. The molecule has 0 radical (unpaired) electrons. The number of aromatic nitrogens is 6. The van der Waals surface area contributed by atoms with Crippen molar-refractivity contribution in [1.82, 2.24) is 34.1 Å². The monoisotopic (exact) mass is 363 g/mol. The molecule has 1 N–H and O–H groups in total. The Hall–Kier alpha value is -3.49. The molecule has 4 aromatic rings. The number of hydrogen-bond donors (Lipinski definition) is 1. The Morgan fingerprint density at radius 2 is 2.22 bits per heavy atom. The number of nitrogens with one attached hydrogen (secondary N) is 1. The zero-order chi connectivity index (χ0) is 18.5. The molecule has 0 unspecified atom stereocenters. The molecule has 136 valence electrons. The van der Waals surface area contributed by atoms with Crippen molar-refractivity contribution in [3.05, 3.63) is 64.1 Å². The minimum Gasteiger partial charge on any atom is -0.330 e. The molecule has 5 heterocycles. The van der Waals surface area contributed by atoms with Crippen LogP contribution in [0.3, 0.4) is 0 Å². The molecule has 1 atom stereocenters. The van der Waals surface area contributed by atoms with Gasteiger partial charge in [-0.05, 0) is 25.8 Å². The lowest BCUT2D eigenvalue weighted by atomic mass is 10.1. The van der Waals surface area contributed by atoms with Crippen molar-refractivity contribution in [2.24, 2.45) is 0 Å². The molecule has 1 aliphatic rings. The Balaban J connectivity index is 1.54. The number of hydrogen-bond acceptors (Lipinski definition) is 5. The van der Waals surface area contributed by atoms with E-state index in [9.17, 15) is 9.59 Å². The topological polar surface area (TPSA) is 101 Å². The summed E-state index contributed by atoms with van der Waals surface area (Å²) >= 11 is 0. The highest BCUT2D eigenvalue weighted by molar-refractivity contribution is 6.00. The van der Waals surface area contributed by atoms with Gasteiger partial charge in [-0.15, -0.1) is 0 Å². The Kier molecular flexibility index (Phi) is 3.36. The van der Waals surface area contributed by atoms with Crippen LogP contribution in [0.1, 0.15) is 40.6 Å². The van der Waals surface area contributed by atoms with Crippen LogP contribution in [0, 0.1) is 6.92 Å². The van der Waals surface area contributed by atoms with Crippen molar-refractivity contribution in [2.75, 3.05) is 6.54 Å². The highest BCUT2D eigenvalue weighted by Crippen LogP contribution is 2.33. The largest absolute Gasteiger partial charge is 0.330 e. The Morgan fingerprint density at radius 3 is 3.11 bits per heavy atom. The molecule has 27 heavy (non-hydrogen) atoms. The first-order valence-corrected chi connectivity index (χ1v) is 8.80. The lowest BCUT2D eigenvalue weighted by Gasteiger charge is -2.23. The highest BCUT2D eigenvalue weighted by Gasteiger charge is 2.33. The van der Waals surface area contributed by atoms with Crippen LogP contribution in [-0.2, 0) is 0 Å². The van der Waals surface area contributed by atoms with Crippen molar-refractivity contribution in [2.45, 2.75) is 25.8 Å².